The molecule has 0 bridgehead atoms. The zero-order valence-corrected chi connectivity index (χ0v) is 8.22. The second kappa shape index (κ2) is 3.67. The van der Waals surface area contributed by atoms with Gasteiger partial charge in [0.2, 0.25) is 0 Å². The Kier molecular flexibility index (Phi) is 2.83. The maximum absolute atomic E-state index is 4.03. The van der Waals surface area contributed by atoms with Crippen molar-refractivity contribution < 1.29 is 0 Å². The van der Waals surface area contributed by atoms with Crippen LogP contribution in [0, 0.1) is 0 Å². The Morgan fingerprint density at radius 3 is 2.82 bits per heavy atom. The Balaban J connectivity index is 2.97. The monoisotopic (exact) mass is 211 g/mol. The van der Waals surface area contributed by atoms with Crippen molar-refractivity contribution in [2.24, 2.45) is 0 Å². The standard InChI is InChI=1S/C9H10BrN/c1-7(2)5-8-3-4-11-9(10)6-8/h3-6H,1-2H3. The lowest BCUT2D eigenvalue weighted by Gasteiger charge is -1.94. The molecule has 0 unspecified atom stereocenters. The van der Waals surface area contributed by atoms with E-state index in [0.717, 1.165) is 4.60 Å². The van der Waals surface area contributed by atoms with Crippen molar-refractivity contribution in [1.29, 1.82) is 0 Å². The van der Waals surface area contributed by atoms with Crippen LogP contribution in [0.1, 0.15) is 19.4 Å². The molecule has 1 aromatic rings. The average Bonchev–Trinajstić information content (AvgIpc) is 1.85. The van der Waals surface area contributed by atoms with Crippen LogP contribution in [0.2, 0.25) is 0 Å². The lowest BCUT2D eigenvalue weighted by atomic mass is 10.2. The zero-order valence-electron chi connectivity index (χ0n) is 6.63. The van der Waals surface area contributed by atoms with Crippen LogP contribution >= 0.6 is 15.9 Å². The van der Waals surface area contributed by atoms with Gasteiger partial charge in [0, 0.05) is 6.20 Å². The first-order valence-corrected chi connectivity index (χ1v) is 4.24. The van der Waals surface area contributed by atoms with Gasteiger partial charge in [-0.05, 0) is 47.5 Å². The van der Waals surface area contributed by atoms with Gasteiger partial charge in [-0.3, -0.25) is 0 Å². The molecule has 2 heteroatoms. The normalized spacial score (nSPS) is 9.36. The third-order valence-corrected chi connectivity index (χ3v) is 1.64. The first-order chi connectivity index (χ1) is 5.18. The van der Waals surface area contributed by atoms with Crippen LogP contribution in [0.25, 0.3) is 6.08 Å². The molecule has 11 heavy (non-hydrogen) atoms. The molecule has 0 aromatic carbocycles. The molecule has 0 spiro atoms. The van der Waals surface area contributed by atoms with Crippen molar-refractivity contribution in [2.45, 2.75) is 13.8 Å². The molecule has 1 nitrogen and oxygen atoms in total. The number of pyridine rings is 1. The molecule has 0 saturated heterocycles. The predicted octanol–water partition coefficient (Wildman–Crippen LogP) is 3.27. The molecule has 0 aliphatic rings. The highest BCUT2D eigenvalue weighted by molar-refractivity contribution is 9.10. The van der Waals surface area contributed by atoms with Gasteiger partial charge in [-0.25, -0.2) is 4.98 Å². The van der Waals surface area contributed by atoms with Crippen LogP contribution in [-0.4, -0.2) is 4.98 Å². The summed E-state index contributed by atoms with van der Waals surface area (Å²) in [6.45, 7) is 4.16. The molecule has 1 rings (SSSR count). The molecule has 0 atom stereocenters. The minimum absolute atomic E-state index is 0.882. The summed E-state index contributed by atoms with van der Waals surface area (Å²) in [5, 5.41) is 0. The summed E-state index contributed by atoms with van der Waals surface area (Å²) in [4.78, 5) is 4.03. The highest BCUT2D eigenvalue weighted by Gasteiger charge is 1.89. The van der Waals surface area contributed by atoms with E-state index in [-0.39, 0.29) is 0 Å². The van der Waals surface area contributed by atoms with Crippen LogP contribution in [0.3, 0.4) is 0 Å². The largest absolute Gasteiger partial charge is 0.249 e. The van der Waals surface area contributed by atoms with E-state index >= 15 is 0 Å². The lowest BCUT2D eigenvalue weighted by molar-refractivity contribution is 1.27. The van der Waals surface area contributed by atoms with Crippen molar-refractivity contribution in [3.63, 3.8) is 0 Å². The second-order valence-electron chi connectivity index (χ2n) is 2.63. The number of aromatic nitrogens is 1. The highest BCUT2D eigenvalue weighted by Crippen LogP contribution is 2.10. The third-order valence-electron chi connectivity index (χ3n) is 1.21. The maximum Gasteiger partial charge on any atom is 0.106 e. The fraction of sp³-hybridized carbons (Fsp3) is 0.222. The zero-order chi connectivity index (χ0) is 8.27. The summed E-state index contributed by atoms with van der Waals surface area (Å²) in [7, 11) is 0. The van der Waals surface area contributed by atoms with E-state index < -0.39 is 0 Å². The third kappa shape index (κ3) is 2.85. The number of halogens is 1. The molecule has 58 valence electrons. The number of nitrogens with zero attached hydrogens (tertiary/aromatic N) is 1. The summed E-state index contributed by atoms with van der Waals surface area (Å²) < 4.78 is 0.882. The smallest absolute Gasteiger partial charge is 0.106 e. The Hall–Kier alpha value is -0.630. The topological polar surface area (TPSA) is 12.9 Å². The van der Waals surface area contributed by atoms with Gasteiger partial charge in [0.15, 0.2) is 0 Å². The Bertz CT molecular complexity index is 275. The summed E-state index contributed by atoms with van der Waals surface area (Å²) in [6.07, 6.45) is 3.91. The van der Waals surface area contributed by atoms with Crippen molar-refractivity contribution in [1.82, 2.24) is 4.98 Å². The summed E-state index contributed by atoms with van der Waals surface area (Å²) >= 11 is 3.31. The average molecular weight is 212 g/mol. The van der Waals surface area contributed by atoms with Crippen LogP contribution in [0.15, 0.2) is 28.5 Å². The van der Waals surface area contributed by atoms with Crippen LogP contribution in [0.4, 0.5) is 0 Å². The van der Waals surface area contributed by atoms with Crippen molar-refractivity contribution in [3.8, 4) is 0 Å². The van der Waals surface area contributed by atoms with Gasteiger partial charge in [-0.1, -0.05) is 11.6 Å². The van der Waals surface area contributed by atoms with Gasteiger partial charge in [-0.2, -0.15) is 0 Å². The van der Waals surface area contributed by atoms with E-state index in [4.69, 9.17) is 0 Å². The lowest BCUT2D eigenvalue weighted by Crippen LogP contribution is -1.76. The van der Waals surface area contributed by atoms with Gasteiger partial charge in [0.05, 0.1) is 0 Å². The highest BCUT2D eigenvalue weighted by atomic mass is 79.9. The molecule has 0 aliphatic heterocycles. The van der Waals surface area contributed by atoms with Crippen molar-refractivity contribution in [2.75, 3.05) is 0 Å². The number of hydrogen-bond acceptors (Lipinski definition) is 1. The van der Waals surface area contributed by atoms with Gasteiger partial charge in [0.25, 0.3) is 0 Å². The van der Waals surface area contributed by atoms with E-state index in [1.54, 1.807) is 6.20 Å². The molecule has 0 saturated carbocycles. The van der Waals surface area contributed by atoms with Crippen molar-refractivity contribution >= 4 is 22.0 Å². The van der Waals surface area contributed by atoms with E-state index in [2.05, 4.69) is 40.8 Å². The minimum Gasteiger partial charge on any atom is -0.249 e. The van der Waals surface area contributed by atoms with Crippen LogP contribution in [0.5, 0.6) is 0 Å². The maximum atomic E-state index is 4.03. The Morgan fingerprint density at radius 2 is 2.27 bits per heavy atom. The van der Waals surface area contributed by atoms with Gasteiger partial charge >= 0.3 is 0 Å². The molecule has 1 heterocycles. The molecular weight excluding hydrogens is 202 g/mol. The molecular formula is C9H10BrN. The van der Waals surface area contributed by atoms with E-state index in [9.17, 15) is 0 Å². The summed E-state index contributed by atoms with van der Waals surface area (Å²) in [6, 6.07) is 3.98. The first-order valence-electron chi connectivity index (χ1n) is 3.45. The molecule has 1 aromatic heterocycles. The van der Waals surface area contributed by atoms with Gasteiger partial charge in [0.1, 0.15) is 4.60 Å². The van der Waals surface area contributed by atoms with Gasteiger partial charge in [-0.15, -0.1) is 0 Å². The number of rotatable bonds is 1. The van der Waals surface area contributed by atoms with Crippen molar-refractivity contribution in [3.05, 3.63) is 34.1 Å². The quantitative estimate of drug-likeness (QED) is 0.651. The fourth-order valence-corrected chi connectivity index (χ4v) is 1.22. The molecule has 0 amide bonds. The van der Waals surface area contributed by atoms with Crippen LogP contribution in [-0.2, 0) is 0 Å². The molecule has 0 radical (unpaired) electrons. The Morgan fingerprint density at radius 1 is 1.55 bits per heavy atom. The molecule has 0 fully saturated rings. The number of hydrogen-bond donors (Lipinski definition) is 0. The van der Waals surface area contributed by atoms with E-state index in [0.29, 0.717) is 0 Å². The molecule has 0 N–H and O–H groups in total. The van der Waals surface area contributed by atoms with E-state index in [1.807, 2.05) is 12.1 Å². The minimum atomic E-state index is 0.882. The van der Waals surface area contributed by atoms with Crippen LogP contribution < -0.4 is 0 Å². The summed E-state index contributed by atoms with van der Waals surface area (Å²) in [5.41, 5.74) is 2.48. The summed E-state index contributed by atoms with van der Waals surface area (Å²) in [5.74, 6) is 0. The second-order valence-corrected chi connectivity index (χ2v) is 3.45. The number of allylic oxidation sites excluding steroid dienone is 1. The SMILES string of the molecule is CC(C)=Cc1ccnc(Br)c1. The Labute approximate surface area is 75.3 Å². The fourth-order valence-electron chi connectivity index (χ4n) is 0.841. The van der Waals surface area contributed by atoms with E-state index in [1.165, 1.54) is 11.1 Å². The predicted molar refractivity (Wildman–Crippen MR) is 51.3 cm³/mol. The van der Waals surface area contributed by atoms with Gasteiger partial charge < -0.3 is 0 Å². The first kappa shape index (κ1) is 8.47. The molecule has 0 aliphatic carbocycles.